The minimum atomic E-state index is -0.768. The van der Waals surface area contributed by atoms with E-state index in [1.807, 2.05) is 19.9 Å². The van der Waals surface area contributed by atoms with Crippen LogP contribution in [0, 0.1) is 20.2 Å². The van der Waals surface area contributed by atoms with Crippen LogP contribution in [0.5, 0.6) is 0 Å². The fourth-order valence-corrected chi connectivity index (χ4v) is 3.27. The molecule has 1 N–H and O–H groups in total. The van der Waals surface area contributed by atoms with Crippen LogP contribution in [0.1, 0.15) is 27.2 Å². The van der Waals surface area contributed by atoms with Gasteiger partial charge in [-0.15, -0.1) is 10.2 Å². The highest BCUT2D eigenvalue weighted by atomic mass is 79.9. The van der Waals surface area contributed by atoms with E-state index in [9.17, 15) is 25.0 Å². The maximum absolute atomic E-state index is 12.0. The van der Waals surface area contributed by atoms with Crippen LogP contribution in [-0.2, 0) is 4.79 Å². The van der Waals surface area contributed by atoms with E-state index in [0.717, 1.165) is 30.9 Å². The largest absolute Gasteiger partial charge is 0.372 e. The number of nitro groups is 2. The van der Waals surface area contributed by atoms with Gasteiger partial charge in [-0.2, -0.15) is 0 Å². The van der Waals surface area contributed by atoms with Crippen molar-refractivity contribution in [2.45, 2.75) is 27.2 Å². The van der Waals surface area contributed by atoms with Gasteiger partial charge < -0.3 is 10.2 Å². The highest BCUT2D eigenvalue weighted by molar-refractivity contribution is 9.10. The van der Waals surface area contributed by atoms with E-state index >= 15 is 0 Å². The van der Waals surface area contributed by atoms with Crippen LogP contribution in [0.3, 0.4) is 0 Å². The predicted octanol–water partition coefficient (Wildman–Crippen LogP) is 5.88. The number of carbonyl (C=O) groups is 1. The van der Waals surface area contributed by atoms with Crippen molar-refractivity contribution >= 4 is 56.0 Å². The molecule has 12 heteroatoms. The third-order valence-electron chi connectivity index (χ3n) is 4.40. The van der Waals surface area contributed by atoms with E-state index in [-0.39, 0.29) is 28.2 Å². The Morgan fingerprint density at radius 3 is 2.29 bits per heavy atom. The van der Waals surface area contributed by atoms with E-state index in [2.05, 4.69) is 36.4 Å². The van der Waals surface area contributed by atoms with Gasteiger partial charge in [-0.25, -0.2) is 0 Å². The minimum Gasteiger partial charge on any atom is -0.372 e. The lowest BCUT2D eigenvalue weighted by atomic mass is 10.2. The zero-order chi connectivity index (χ0) is 23.1. The Labute approximate surface area is 186 Å². The molecule has 0 spiro atoms. The van der Waals surface area contributed by atoms with Crippen molar-refractivity contribution in [1.82, 2.24) is 0 Å². The monoisotopic (exact) mass is 492 g/mol. The number of halogens is 1. The highest BCUT2D eigenvalue weighted by Crippen LogP contribution is 2.40. The summed E-state index contributed by atoms with van der Waals surface area (Å²) in [5.74, 6) is -0.226. The summed E-state index contributed by atoms with van der Waals surface area (Å²) in [5.41, 5.74) is 0.382. The van der Waals surface area contributed by atoms with Crippen LogP contribution < -0.4 is 10.2 Å². The predicted molar refractivity (Wildman–Crippen MR) is 121 cm³/mol. The van der Waals surface area contributed by atoms with Gasteiger partial charge in [-0.05, 0) is 48.0 Å². The van der Waals surface area contributed by atoms with Gasteiger partial charge in [0.15, 0.2) is 5.69 Å². The third-order valence-corrected chi connectivity index (χ3v) is 5.00. The van der Waals surface area contributed by atoms with Gasteiger partial charge in [0.05, 0.1) is 26.1 Å². The molecule has 0 aliphatic carbocycles. The molecule has 2 aromatic carbocycles. The zero-order valence-corrected chi connectivity index (χ0v) is 18.7. The first kappa shape index (κ1) is 23.9. The summed E-state index contributed by atoms with van der Waals surface area (Å²) in [5, 5.41) is 33.2. The van der Waals surface area contributed by atoms with Crippen molar-refractivity contribution in [2.24, 2.45) is 10.2 Å². The van der Waals surface area contributed by atoms with E-state index < -0.39 is 21.2 Å². The molecule has 0 heterocycles. The Hall–Kier alpha value is -3.41. The van der Waals surface area contributed by atoms with Gasteiger partial charge in [0.1, 0.15) is 5.69 Å². The molecular formula is C19H21BrN6O5. The number of non-ortho nitro benzene ring substituents is 1. The number of amides is 1. The number of nitrogens with zero attached hydrogens (tertiary/aromatic N) is 5. The fourth-order valence-electron chi connectivity index (χ4n) is 2.75. The lowest BCUT2D eigenvalue weighted by molar-refractivity contribution is -0.393. The van der Waals surface area contributed by atoms with Crippen LogP contribution in [0.4, 0.5) is 34.1 Å². The Morgan fingerprint density at radius 1 is 1.06 bits per heavy atom. The lowest BCUT2D eigenvalue weighted by Crippen LogP contribution is -2.22. The molecule has 0 bridgehead atoms. The van der Waals surface area contributed by atoms with E-state index in [0.29, 0.717) is 5.69 Å². The molecule has 31 heavy (non-hydrogen) atoms. The molecule has 0 unspecified atom stereocenters. The second-order valence-corrected chi connectivity index (χ2v) is 7.14. The number of carbonyl (C=O) groups excluding carboxylic acids is 1. The summed E-state index contributed by atoms with van der Waals surface area (Å²) in [7, 11) is 0. The van der Waals surface area contributed by atoms with Gasteiger partial charge in [0.25, 0.3) is 5.69 Å². The number of anilines is 2. The molecule has 0 fully saturated rings. The maximum atomic E-state index is 12.0. The van der Waals surface area contributed by atoms with Crippen molar-refractivity contribution < 1.29 is 14.6 Å². The summed E-state index contributed by atoms with van der Waals surface area (Å²) in [4.78, 5) is 34.9. The smallest absolute Gasteiger partial charge is 0.304 e. The van der Waals surface area contributed by atoms with E-state index in [1.165, 1.54) is 0 Å². The standard InChI is InChI=1S/C19H21BrN6O5/c1-4-18(27)21-16-10-12(24(5-2)6-3)7-8-15(16)22-23-19-14(20)9-13(25(28)29)11-17(19)26(30)31/h7-11H,4-6H2,1-3H3,(H,21,27). The van der Waals surface area contributed by atoms with Gasteiger partial charge >= 0.3 is 5.69 Å². The summed E-state index contributed by atoms with van der Waals surface area (Å²) in [6, 6.07) is 7.15. The van der Waals surface area contributed by atoms with Crippen molar-refractivity contribution in [1.29, 1.82) is 0 Å². The topological polar surface area (TPSA) is 143 Å². The number of nitro benzene ring substituents is 2. The number of benzene rings is 2. The quantitative estimate of drug-likeness (QED) is 0.263. The van der Waals surface area contributed by atoms with Crippen molar-refractivity contribution in [2.75, 3.05) is 23.3 Å². The van der Waals surface area contributed by atoms with Crippen LogP contribution in [-0.4, -0.2) is 28.8 Å². The Kier molecular flexibility index (Phi) is 8.14. The molecule has 2 rings (SSSR count). The van der Waals surface area contributed by atoms with E-state index in [1.54, 1.807) is 19.1 Å². The average Bonchev–Trinajstić information content (AvgIpc) is 2.73. The number of rotatable bonds is 9. The van der Waals surface area contributed by atoms with Crippen LogP contribution in [0.25, 0.3) is 0 Å². The number of hydrogen-bond acceptors (Lipinski definition) is 8. The van der Waals surface area contributed by atoms with Gasteiger partial charge in [0.2, 0.25) is 5.91 Å². The third kappa shape index (κ3) is 5.81. The van der Waals surface area contributed by atoms with Crippen LogP contribution in [0.2, 0.25) is 0 Å². The molecule has 1 amide bonds. The van der Waals surface area contributed by atoms with Gasteiger partial charge in [-0.3, -0.25) is 25.0 Å². The Balaban J connectivity index is 2.55. The normalized spacial score (nSPS) is 10.8. The molecular weight excluding hydrogens is 472 g/mol. The Bertz CT molecular complexity index is 1040. The van der Waals surface area contributed by atoms with Crippen molar-refractivity contribution in [3.8, 4) is 0 Å². The number of hydrogen-bond donors (Lipinski definition) is 1. The van der Waals surface area contributed by atoms with Gasteiger partial charge in [0, 0.05) is 31.3 Å². The number of azo groups is 1. The first-order valence-electron chi connectivity index (χ1n) is 9.44. The van der Waals surface area contributed by atoms with E-state index in [4.69, 9.17) is 0 Å². The SMILES string of the molecule is CCC(=O)Nc1cc(N(CC)CC)ccc1N=Nc1c(Br)cc([N+](=O)[O-])cc1[N+](=O)[O-]. The Morgan fingerprint density at radius 2 is 1.74 bits per heavy atom. The fraction of sp³-hybridized carbons (Fsp3) is 0.316. The highest BCUT2D eigenvalue weighted by Gasteiger charge is 2.23. The molecule has 0 aliphatic heterocycles. The van der Waals surface area contributed by atoms with Crippen LogP contribution in [0.15, 0.2) is 45.0 Å². The van der Waals surface area contributed by atoms with Crippen LogP contribution >= 0.6 is 15.9 Å². The number of nitrogens with one attached hydrogen (secondary N) is 1. The molecule has 0 atom stereocenters. The molecule has 0 saturated carbocycles. The lowest BCUT2D eigenvalue weighted by Gasteiger charge is -2.22. The second-order valence-electron chi connectivity index (χ2n) is 6.29. The summed E-state index contributed by atoms with van der Waals surface area (Å²) in [6.07, 6.45) is 0.255. The van der Waals surface area contributed by atoms with Crippen molar-refractivity contribution in [3.05, 3.63) is 55.0 Å². The molecule has 0 aliphatic rings. The molecule has 164 valence electrons. The molecule has 0 radical (unpaired) electrons. The zero-order valence-electron chi connectivity index (χ0n) is 17.2. The minimum absolute atomic E-state index is 0.0519. The maximum Gasteiger partial charge on any atom is 0.304 e. The molecule has 0 aromatic heterocycles. The second kappa shape index (κ2) is 10.6. The molecule has 0 saturated heterocycles. The molecule has 11 nitrogen and oxygen atoms in total. The van der Waals surface area contributed by atoms with Crippen molar-refractivity contribution in [3.63, 3.8) is 0 Å². The average molecular weight is 493 g/mol. The van der Waals surface area contributed by atoms with Gasteiger partial charge in [-0.1, -0.05) is 6.92 Å². The first-order chi connectivity index (χ1) is 14.7. The first-order valence-corrected chi connectivity index (χ1v) is 10.2. The molecule has 2 aromatic rings. The summed E-state index contributed by atoms with van der Waals surface area (Å²) < 4.78 is 0.0519. The summed E-state index contributed by atoms with van der Waals surface area (Å²) >= 11 is 3.09. The summed E-state index contributed by atoms with van der Waals surface area (Å²) in [6.45, 7) is 7.25.